The molecule has 1 atom stereocenters. The molecule has 1 aromatic carbocycles. The van der Waals surface area contributed by atoms with E-state index >= 15 is 0 Å². The monoisotopic (exact) mass is 320 g/mol. The van der Waals surface area contributed by atoms with E-state index in [9.17, 15) is 4.79 Å². The number of benzene rings is 1. The van der Waals surface area contributed by atoms with Gasteiger partial charge in [-0.15, -0.1) is 0 Å². The molecule has 1 spiro atoms. The zero-order valence-corrected chi connectivity index (χ0v) is 13.8. The smallest absolute Gasteiger partial charge is 0.248 e. The van der Waals surface area contributed by atoms with Gasteiger partial charge in [0.15, 0.2) is 0 Å². The number of likely N-dealkylation sites (N-methyl/N-ethyl adjacent to an activating group) is 1. The van der Waals surface area contributed by atoms with Crippen LogP contribution >= 0.6 is 0 Å². The van der Waals surface area contributed by atoms with E-state index in [1.807, 2.05) is 19.2 Å². The van der Waals surface area contributed by atoms with Crippen molar-refractivity contribution in [3.63, 3.8) is 0 Å². The summed E-state index contributed by atoms with van der Waals surface area (Å²) < 4.78 is 16.8. The number of hydrogen-bond acceptors (Lipinski definition) is 5. The van der Waals surface area contributed by atoms with E-state index in [2.05, 4.69) is 17.0 Å². The normalized spacial score (nSPS) is 26.3. The maximum atomic E-state index is 11.8. The van der Waals surface area contributed by atoms with Gasteiger partial charge in [-0.3, -0.25) is 9.69 Å². The fraction of sp³-hybridized carbons (Fsp3) is 0.588. The van der Waals surface area contributed by atoms with Crippen LogP contribution in [-0.4, -0.2) is 74.9 Å². The van der Waals surface area contributed by atoms with Crippen LogP contribution in [0.15, 0.2) is 24.3 Å². The van der Waals surface area contributed by atoms with Gasteiger partial charge in [-0.25, -0.2) is 0 Å². The molecule has 1 amide bonds. The maximum Gasteiger partial charge on any atom is 0.248 e. The van der Waals surface area contributed by atoms with Gasteiger partial charge in [0.2, 0.25) is 5.91 Å². The van der Waals surface area contributed by atoms with Crippen LogP contribution in [0.2, 0.25) is 0 Å². The number of carbonyl (C=O) groups is 1. The highest BCUT2D eigenvalue weighted by molar-refractivity contribution is 5.77. The van der Waals surface area contributed by atoms with E-state index in [0.717, 1.165) is 25.4 Å². The molecule has 2 heterocycles. The number of carbonyl (C=O) groups excluding carboxylic acids is 1. The van der Waals surface area contributed by atoms with Crippen LogP contribution in [0.1, 0.15) is 5.56 Å². The Hall–Kier alpha value is -1.63. The first-order valence-corrected chi connectivity index (χ1v) is 7.91. The lowest BCUT2D eigenvalue weighted by Crippen LogP contribution is -2.58. The Morgan fingerprint density at radius 1 is 1.26 bits per heavy atom. The molecule has 126 valence electrons. The summed E-state index contributed by atoms with van der Waals surface area (Å²) in [7, 11) is 3.48. The summed E-state index contributed by atoms with van der Waals surface area (Å²) in [6.07, 6.45) is 0. The topological polar surface area (TPSA) is 51.2 Å². The van der Waals surface area contributed by atoms with Crippen LogP contribution in [0.4, 0.5) is 0 Å². The zero-order chi connectivity index (χ0) is 16.3. The van der Waals surface area contributed by atoms with Crippen molar-refractivity contribution in [2.75, 3.05) is 53.6 Å². The van der Waals surface area contributed by atoms with Crippen LogP contribution in [0.25, 0.3) is 0 Å². The second-order valence-corrected chi connectivity index (χ2v) is 6.33. The second kappa shape index (κ2) is 6.86. The highest BCUT2D eigenvalue weighted by Gasteiger charge is 2.41. The number of nitrogens with zero attached hydrogens (tertiary/aromatic N) is 2. The molecule has 2 aliphatic rings. The van der Waals surface area contributed by atoms with E-state index in [-0.39, 0.29) is 12.5 Å². The van der Waals surface area contributed by atoms with E-state index in [1.54, 1.807) is 12.0 Å². The number of ether oxygens (including phenoxy) is 3. The Morgan fingerprint density at radius 3 is 2.78 bits per heavy atom. The number of rotatable bonds is 3. The summed E-state index contributed by atoms with van der Waals surface area (Å²) in [5, 5.41) is 0. The third kappa shape index (κ3) is 3.83. The Labute approximate surface area is 136 Å². The molecule has 6 heteroatoms. The van der Waals surface area contributed by atoms with Crippen LogP contribution in [-0.2, 0) is 20.8 Å². The summed E-state index contributed by atoms with van der Waals surface area (Å²) >= 11 is 0. The van der Waals surface area contributed by atoms with Crippen molar-refractivity contribution < 1.29 is 19.0 Å². The minimum atomic E-state index is -0.425. The molecule has 0 radical (unpaired) electrons. The Balaban J connectivity index is 1.66. The van der Waals surface area contributed by atoms with Gasteiger partial charge in [-0.05, 0) is 17.7 Å². The van der Waals surface area contributed by atoms with Gasteiger partial charge in [0.25, 0.3) is 0 Å². The summed E-state index contributed by atoms with van der Waals surface area (Å²) in [4.78, 5) is 15.9. The fourth-order valence-electron chi connectivity index (χ4n) is 3.23. The van der Waals surface area contributed by atoms with E-state index in [4.69, 9.17) is 14.2 Å². The molecule has 2 saturated heterocycles. The molecule has 2 fully saturated rings. The average Bonchev–Trinajstić information content (AvgIpc) is 2.67. The van der Waals surface area contributed by atoms with Crippen LogP contribution < -0.4 is 4.74 Å². The molecule has 23 heavy (non-hydrogen) atoms. The minimum Gasteiger partial charge on any atom is -0.497 e. The van der Waals surface area contributed by atoms with Crippen molar-refractivity contribution in [2.24, 2.45) is 0 Å². The molecule has 0 N–H and O–H groups in total. The molecule has 0 saturated carbocycles. The lowest BCUT2D eigenvalue weighted by Gasteiger charge is -2.42. The number of methoxy groups -OCH3 is 1. The Morgan fingerprint density at radius 2 is 2.04 bits per heavy atom. The quantitative estimate of drug-likeness (QED) is 0.823. The van der Waals surface area contributed by atoms with Crippen molar-refractivity contribution in [1.82, 2.24) is 9.80 Å². The summed E-state index contributed by atoms with van der Waals surface area (Å²) in [6, 6.07) is 8.12. The van der Waals surface area contributed by atoms with Gasteiger partial charge in [-0.2, -0.15) is 0 Å². The number of morpholine rings is 1. The highest BCUT2D eigenvalue weighted by Crippen LogP contribution is 2.24. The van der Waals surface area contributed by atoms with Gasteiger partial charge < -0.3 is 19.1 Å². The lowest BCUT2D eigenvalue weighted by molar-refractivity contribution is -0.143. The summed E-state index contributed by atoms with van der Waals surface area (Å²) in [5.41, 5.74) is 0.813. The number of hydrogen-bond donors (Lipinski definition) is 0. The van der Waals surface area contributed by atoms with Gasteiger partial charge >= 0.3 is 0 Å². The van der Waals surface area contributed by atoms with Gasteiger partial charge in [0, 0.05) is 26.7 Å². The molecule has 1 aromatic rings. The van der Waals surface area contributed by atoms with Crippen molar-refractivity contribution in [1.29, 1.82) is 0 Å². The number of amides is 1. The molecule has 6 nitrogen and oxygen atoms in total. The molecular weight excluding hydrogens is 296 g/mol. The van der Waals surface area contributed by atoms with Crippen molar-refractivity contribution in [3.8, 4) is 5.75 Å². The molecule has 0 aliphatic carbocycles. The average molecular weight is 320 g/mol. The van der Waals surface area contributed by atoms with Crippen molar-refractivity contribution in [3.05, 3.63) is 29.8 Å². The first-order chi connectivity index (χ1) is 11.1. The standard InChI is InChI=1S/C17H24N2O4/c1-18-11-17(13-22-10-16(18)20)12-19(7-8-23-17)9-14-3-5-15(21-2)6-4-14/h3-6H,7-13H2,1-2H3. The molecule has 3 rings (SSSR count). The third-order valence-corrected chi connectivity index (χ3v) is 4.43. The lowest BCUT2D eigenvalue weighted by atomic mass is 10.0. The van der Waals surface area contributed by atoms with E-state index in [1.165, 1.54) is 5.56 Å². The molecular formula is C17H24N2O4. The first-order valence-electron chi connectivity index (χ1n) is 7.91. The molecule has 0 bridgehead atoms. The molecule has 1 unspecified atom stereocenters. The second-order valence-electron chi connectivity index (χ2n) is 6.33. The maximum absolute atomic E-state index is 11.8. The Bertz CT molecular complexity index is 548. The minimum absolute atomic E-state index is 0.0118. The predicted octanol–water partition coefficient (Wildman–Crippen LogP) is 0.755. The third-order valence-electron chi connectivity index (χ3n) is 4.43. The van der Waals surface area contributed by atoms with Crippen LogP contribution in [0.3, 0.4) is 0 Å². The molecule has 2 aliphatic heterocycles. The van der Waals surface area contributed by atoms with E-state index < -0.39 is 5.60 Å². The first kappa shape index (κ1) is 16.2. The van der Waals surface area contributed by atoms with Gasteiger partial charge in [0.05, 0.1) is 26.9 Å². The SMILES string of the molecule is COc1ccc(CN2CCOC3(COCC(=O)N(C)C3)C2)cc1. The predicted molar refractivity (Wildman–Crippen MR) is 85.4 cm³/mol. The highest BCUT2D eigenvalue weighted by atomic mass is 16.5. The molecule has 0 aromatic heterocycles. The Kier molecular flexibility index (Phi) is 4.84. The van der Waals surface area contributed by atoms with Crippen LogP contribution in [0, 0.1) is 0 Å². The van der Waals surface area contributed by atoms with Gasteiger partial charge in [-0.1, -0.05) is 12.1 Å². The zero-order valence-electron chi connectivity index (χ0n) is 13.8. The van der Waals surface area contributed by atoms with Crippen LogP contribution in [0.5, 0.6) is 5.75 Å². The van der Waals surface area contributed by atoms with E-state index in [0.29, 0.717) is 19.8 Å². The summed E-state index contributed by atoms with van der Waals surface area (Å²) in [5.74, 6) is 0.877. The fourth-order valence-corrected chi connectivity index (χ4v) is 3.23. The largest absolute Gasteiger partial charge is 0.497 e. The van der Waals surface area contributed by atoms with Gasteiger partial charge in [0.1, 0.15) is 18.0 Å². The van der Waals surface area contributed by atoms with Crippen molar-refractivity contribution >= 4 is 5.91 Å². The summed E-state index contributed by atoms with van der Waals surface area (Å²) in [6.45, 7) is 4.32. The van der Waals surface area contributed by atoms with Crippen molar-refractivity contribution in [2.45, 2.75) is 12.1 Å².